The third kappa shape index (κ3) is 3.09. The second-order valence-corrected chi connectivity index (χ2v) is 4.90. The Hall–Kier alpha value is -1.38. The number of ketones is 1. The monoisotopic (exact) mass is 279 g/mol. The predicted octanol–water partition coefficient (Wildman–Crippen LogP) is 4.12. The van der Waals surface area contributed by atoms with Gasteiger partial charge in [0, 0.05) is 22.7 Å². The normalized spacial score (nSPS) is 10.4. The molecule has 0 N–H and O–H groups in total. The Bertz CT molecular complexity index is 596. The highest BCUT2D eigenvalue weighted by Gasteiger charge is 2.11. The van der Waals surface area contributed by atoms with Crippen LogP contribution in [0.15, 0.2) is 36.5 Å². The van der Waals surface area contributed by atoms with E-state index in [1.54, 1.807) is 30.5 Å². The molecule has 2 aromatic rings. The number of benzene rings is 1. The van der Waals surface area contributed by atoms with E-state index >= 15 is 0 Å². The van der Waals surface area contributed by atoms with Crippen LogP contribution in [0, 0.1) is 6.92 Å². The topological polar surface area (TPSA) is 30.0 Å². The summed E-state index contributed by atoms with van der Waals surface area (Å²) in [7, 11) is 0. The lowest BCUT2D eigenvalue weighted by atomic mass is 10.1. The minimum atomic E-state index is -0.0668. The van der Waals surface area contributed by atoms with Crippen LogP contribution in [0.3, 0.4) is 0 Å². The maximum atomic E-state index is 12.1. The van der Waals surface area contributed by atoms with Crippen molar-refractivity contribution in [2.24, 2.45) is 0 Å². The molecule has 0 spiro atoms. The fraction of sp³-hybridized carbons (Fsp3) is 0.143. The highest BCUT2D eigenvalue weighted by molar-refractivity contribution is 6.33. The number of Topliss-reactive ketones (excluding diaryl/α,β-unsaturated/α-hetero) is 1. The maximum absolute atomic E-state index is 12.1. The Morgan fingerprint density at radius 1 is 1.22 bits per heavy atom. The third-order valence-corrected chi connectivity index (χ3v) is 3.16. The molecule has 0 aliphatic heterocycles. The van der Waals surface area contributed by atoms with E-state index in [0.717, 1.165) is 11.1 Å². The van der Waals surface area contributed by atoms with Crippen LogP contribution in [0.1, 0.15) is 21.6 Å². The number of pyridine rings is 1. The zero-order valence-corrected chi connectivity index (χ0v) is 11.3. The Morgan fingerprint density at radius 3 is 2.72 bits per heavy atom. The van der Waals surface area contributed by atoms with E-state index in [4.69, 9.17) is 23.2 Å². The molecule has 0 unspecified atom stereocenters. The van der Waals surface area contributed by atoms with E-state index in [1.165, 1.54) is 0 Å². The highest BCUT2D eigenvalue weighted by atomic mass is 35.5. The van der Waals surface area contributed by atoms with E-state index in [2.05, 4.69) is 4.98 Å². The van der Waals surface area contributed by atoms with Crippen molar-refractivity contribution in [2.75, 3.05) is 0 Å². The van der Waals surface area contributed by atoms with Gasteiger partial charge in [-0.2, -0.15) is 0 Å². The summed E-state index contributed by atoms with van der Waals surface area (Å²) >= 11 is 11.9. The molecule has 1 aromatic heterocycles. The van der Waals surface area contributed by atoms with Crippen LogP contribution < -0.4 is 0 Å². The van der Waals surface area contributed by atoms with Crippen molar-refractivity contribution in [3.63, 3.8) is 0 Å². The van der Waals surface area contributed by atoms with Crippen LogP contribution >= 0.6 is 23.2 Å². The standard InChI is InChI=1S/C14H11Cl2NO/c1-9-4-5-17-13(6-9)14(18)8-10-7-11(15)2-3-12(10)16/h2-7H,8H2,1H3. The lowest BCUT2D eigenvalue weighted by Crippen LogP contribution is -2.06. The number of halogens is 2. The van der Waals surface area contributed by atoms with Crippen molar-refractivity contribution in [1.82, 2.24) is 4.98 Å². The molecule has 1 aromatic carbocycles. The number of rotatable bonds is 3. The van der Waals surface area contributed by atoms with Gasteiger partial charge in [0.1, 0.15) is 5.69 Å². The molecule has 92 valence electrons. The SMILES string of the molecule is Cc1ccnc(C(=O)Cc2cc(Cl)ccc2Cl)c1. The summed E-state index contributed by atoms with van der Waals surface area (Å²) in [6, 6.07) is 8.71. The van der Waals surface area contributed by atoms with Gasteiger partial charge in [0.15, 0.2) is 5.78 Å². The number of hydrogen-bond acceptors (Lipinski definition) is 2. The van der Waals surface area contributed by atoms with Gasteiger partial charge in [-0.3, -0.25) is 9.78 Å². The van der Waals surface area contributed by atoms with Crippen molar-refractivity contribution in [1.29, 1.82) is 0 Å². The van der Waals surface area contributed by atoms with Gasteiger partial charge in [0.05, 0.1) is 0 Å². The summed E-state index contributed by atoms with van der Waals surface area (Å²) in [6.07, 6.45) is 1.83. The molecular weight excluding hydrogens is 269 g/mol. The first-order chi connectivity index (χ1) is 8.56. The van der Waals surface area contributed by atoms with Crippen LogP contribution in [0.4, 0.5) is 0 Å². The largest absolute Gasteiger partial charge is 0.292 e. The molecule has 2 nitrogen and oxygen atoms in total. The lowest BCUT2D eigenvalue weighted by molar-refractivity contribution is 0.0988. The van der Waals surface area contributed by atoms with Gasteiger partial charge in [-0.1, -0.05) is 23.2 Å². The van der Waals surface area contributed by atoms with Gasteiger partial charge >= 0.3 is 0 Å². The Balaban J connectivity index is 2.24. The van der Waals surface area contributed by atoms with Crippen molar-refractivity contribution in [2.45, 2.75) is 13.3 Å². The summed E-state index contributed by atoms with van der Waals surface area (Å²) in [5.41, 5.74) is 2.18. The van der Waals surface area contributed by atoms with Crippen molar-refractivity contribution < 1.29 is 4.79 Å². The molecule has 0 radical (unpaired) electrons. The number of hydrogen-bond donors (Lipinski definition) is 0. The van der Waals surface area contributed by atoms with Crippen molar-refractivity contribution >= 4 is 29.0 Å². The van der Waals surface area contributed by atoms with Gasteiger partial charge in [-0.05, 0) is 48.4 Å². The third-order valence-electron chi connectivity index (χ3n) is 2.56. The Labute approximate surface area is 116 Å². The zero-order valence-electron chi connectivity index (χ0n) is 9.78. The van der Waals surface area contributed by atoms with E-state index in [1.807, 2.05) is 13.0 Å². The first-order valence-corrected chi connectivity index (χ1v) is 6.21. The molecular formula is C14H11Cl2NO. The number of nitrogens with zero attached hydrogens (tertiary/aromatic N) is 1. The number of carbonyl (C=O) groups excluding carboxylic acids is 1. The number of aryl methyl sites for hydroxylation is 1. The summed E-state index contributed by atoms with van der Waals surface area (Å²) in [4.78, 5) is 16.1. The molecule has 0 atom stereocenters. The second-order valence-electron chi connectivity index (χ2n) is 4.05. The summed E-state index contributed by atoms with van der Waals surface area (Å²) in [5, 5.41) is 1.11. The molecule has 0 saturated heterocycles. The van der Waals surface area contributed by atoms with E-state index in [9.17, 15) is 4.79 Å². The first-order valence-electron chi connectivity index (χ1n) is 5.46. The first kappa shape index (κ1) is 13.1. The molecule has 0 fully saturated rings. The summed E-state index contributed by atoms with van der Waals surface area (Å²) in [5.74, 6) is -0.0668. The van der Waals surface area contributed by atoms with E-state index < -0.39 is 0 Å². The lowest BCUT2D eigenvalue weighted by Gasteiger charge is -2.04. The molecule has 4 heteroatoms. The molecule has 18 heavy (non-hydrogen) atoms. The van der Waals surface area contributed by atoms with Gasteiger partial charge in [0.2, 0.25) is 0 Å². The molecule has 0 aliphatic rings. The summed E-state index contributed by atoms with van der Waals surface area (Å²) < 4.78 is 0. The van der Waals surface area contributed by atoms with Gasteiger partial charge < -0.3 is 0 Å². The van der Waals surface area contributed by atoms with Crippen molar-refractivity contribution in [3.05, 3.63) is 63.4 Å². The smallest absolute Gasteiger partial charge is 0.185 e. The minimum absolute atomic E-state index is 0.0668. The quantitative estimate of drug-likeness (QED) is 0.791. The van der Waals surface area contributed by atoms with E-state index in [-0.39, 0.29) is 12.2 Å². The Kier molecular flexibility index (Phi) is 4.00. The predicted molar refractivity (Wildman–Crippen MR) is 73.5 cm³/mol. The molecule has 1 heterocycles. The summed E-state index contributed by atoms with van der Waals surface area (Å²) in [6.45, 7) is 1.92. The number of aromatic nitrogens is 1. The van der Waals surface area contributed by atoms with Gasteiger partial charge in [0.25, 0.3) is 0 Å². The molecule has 0 saturated carbocycles. The van der Waals surface area contributed by atoms with Crippen LogP contribution in [0.2, 0.25) is 10.0 Å². The second kappa shape index (κ2) is 5.51. The van der Waals surface area contributed by atoms with Crippen LogP contribution in [-0.2, 0) is 6.42 Å². The fourth-order valence-corrected chi connectivity index (χ4v) is 2.01. The molecule has 0 amide bonds. The average Bonchev–Trinajstić information content (AvgIpc) is 2.34. The van der Waals surface area contributed by atoms with Crippen LogP contribution in [0.25, 0.3) is 0 Å². The van der Waals surface area contributed by atoms with Gasteiger partial charge in [-0.15, -0.1) is 0 Å². The molecule has 0 bridgehead atoms. The van der Waals surface area contributed by atoms with Crippen molar-refractivity contribution in [3.8, 4) is 0 Å². The molecule has 0 aliphatic carbocycles. The van der Waals surface area contributed by atoms with E-state index in [0.29, 0.717) is 15.7 Å². The van der Waals surface area contributed by atoms with Crippen LogP contribution in [-0.4, -0.2) is 10.8 Å². The minimum Gasteiger partial charge on any atom is -0.292 e. The van der Waals surface area contributed by atoms with Crippen LogP contribution in [0.5, 0.6) is 0 Å². The number of carbonyl (C=O) groups is 1. The molecule has 2 rings (SSSR count). The zero-order chi connectivity index (χ0) is 13.1. The maximum Gasteiger partial charge on any atom is 0.185 e. The Morgan fingerprint density at radius 2 is 2.00 bits per heavy atom. The fourth-order valence-electron chi connectivity index (χ4n) is 1.63. The average molecular weight is 280 g/mol. The highest BCUT2D eigenvalue weighted by Crippen LogP contribution is 2.22. The van der Waals surface area contributed by atoms with Gasteiger partial charge in [-0.25, -0.2) is 0 Å².